The van der Waals surface area contributed by atoms with Crippen molar-refractivity contribution >= 4 is 18.7 Å². The van der Waals surface area contributed by atoms with Gasteiger partial charge in [-0.3, -0.25) is 0 Å². The quantitative estimate of drug-likeness (QED) is 0.560. The van der Waals surface area contributed by atoms with E-state index >= 15 is 0 Å². The molecular weight excluding hydrogens is 427 g/mol. The van der Waals surface area contributed by atoms with E-state index < -0.39 is 17.3 Å². The number of amides is 1. The van der Waals surface area contributed by atoms with Crippen LogP contribution >= 0.6 is 12.6 Å². The zero-order valence-corrected chi connectivity index (χ0v) is 18.7. The Bertz CT molecular complexity index is 821. The summed E-state index contributed by atoms with van der Waals surface area (Å²) in [5.74, 6) is 0. The molecule has 2 aromatic rings. The van der Waals surface area contributed by atoms with Gasteiger partial charge < -0.3 is 14.4 Å². The maximum Gasteiger partial charge on any atom is 0.416 e. The Kier molecular flexibility index (Phi) is 8.82. The predicted molar refractivity (Wildman–Crippen MR) is 116 cm³/mol. The van der Waals surface area contributed by atoms with Crippen LogP contribution in [0.5, 0.6) is 0 Å². The van der Waals surface area contributed by atoms with Crippen molar-refractivity contribution in [1.82, 2.24) is 4.90 Å². The first kappa shape index (κ1) is 25.1. The minimum Gasteiger partial charge on any atom is -0.444 e. The lowest BCUT2D eigenvalue weighted by Crippen LogP contribution is -2.36. The molecule has 4 nitrogen and oxygen atoms in total. The van der Waals surface area contributed by atoms with Crippen molar-refractivity contribution in [3.8, 4) is 0 Å². The number of carbonyl (C=O) groups is 1. The molecule has 3 rings (SSSR count). The molecule has 0 aromatic heterocycles. The van der Waals surface area contributed by atoms with E-state index in [1.807, 2.05) is 30.3 Å². The van der Waals surface area contributed by atoms with Gasteiger partial charge in [0.05, 0.1) is 24.8 Å². The van der Waals surface area contributed by atoms with Crippen molar-refractivity contribution < 1.29 is 27.4 Å². The van der Waals surface area contributed by atoms with E-state index in [0.29, 0.717) is 25.1 Å². The van der Waals surface area contributed by atoms with Gasteiger partial charge in [-0.15, -0.1) is 12.6 Å². The molecule has 1 amide bonds. The molecule has 1 aliphatic rings. The lowest BCUT2D eigenvalue weighted by Gasteiger charge is -2.24. The minimum absolute atomic E-state index is 0.139. The third-order valence-corrected chi connectivity index (χ3v) is 4.62. The van der Waals surface area contributed by atoms with E-state index in [2.05, 4.69) is 12.6 Å². The van der Waals surface area contributed by atoms with E-state index in [1.54, 1.807) is 25.7 Å². The average Bonchev–Trinajstić information content (AvgIpc) is 3.15. The fourth-order valence-electron chi connectivity index (χ4n) is 2.79. The van der Waals surface area contributed by atoms with E-state index in [4.69, 9.17) is 9.47 Å². The number of hydrogen-bond donors (Lipinski definition) is 1. The molecule has 31 heavy (non-hydrogen) atoms. The summed E-state index contributed by atoms with van der Waals surface area (Å²) in [6.45, 7) is 6.60. The number of alkyl halides is 3. The van der Waals surface area contributed by atoms with Gasteiger partial charge in [0.25, 0.3) is 0 Å². The number of benzene rings is 2. The lowest BCUT2D eigenvalue weighted by atomic mass is 10.1. The van der Waals surface area contributed by atoms with Crippen LogP contribution in [0.25, 0.3) is 0 Å². The molecule has 0 radical (unpaired) electrons. The minimum atomic E-state index is -4.33. The van der Waals surface area contributed by atoms with Gasteiger partial charge in [0.15, 0.2) is 0 Å². The summed E-state index contributed by atoms with van der Waals surface area (Å²) in [5.41, 5.74) is -0.557. The molecule has 8 heteroatoms. The summed E-state index contributed by atoms with van der Waals surface area (Å²) in [4.78, 5) is 14.6. The molecule has 1 heterocycles. The van der Waals surface area contributed by atoms with Crippen LogP contribution in [0.15, 0.2) is 59.5 Å². The summed E-state index contributed by atoms with van der Waals surface area (Å²) in [6.07, 6.45) is -4.17. The van der Waals surface area contributed by atoms with Crippen molar-refractivity contribution in [1.29, 1.82) is 0 Å². The van der Waals surface area contributed by atoms with E-state index in [1.165, 1.54) is 12.1 Å². The first-order chi connectivity index (χ1) is 14.4. The van der Waals surface area contributed by atoms with Crippen LogP contribution in [0, 0.1) is 0 Å². The number of likely N-dealkylation sites (tertiary alicyclic amines) is 1. The van der Waals surface area contributed by atoms with Crippen molar-refractivity contribution in [3.05, 3.63) is 65.7 Å². The van der Waals surface area contributed by atoms with Crippen LogP contribution in [0.4, 0.5) is 18.0 Å². The molecule has 1 aliphatic heterocycles. The topological polar surface area (TPSA) is 38.8 Å². The van der Waals surface area contributed by atoms with Gasteiger partial charge in [-0.05, 0) is 57.0 Å². The highest BCUT2D eigenvalue weighted by molar-refractivity contribution is 7.80. The highest BCUT2D eigenvalue weighted by Gasteiger charge is 2.31. The van der Waals surface area contributed by atoms with Crippen molar-refractivity contribution in [3.63, 3.8) is 0 Å². The molecule has 0 N–H and O–H groups in total. The number of hydrogen-bond acceptors (Lipinski definition) is 4. The summed E-state index contributed by atoms with van der Waals surface area (Å²) in [5, 5.41) is 0. The van der Waals surface area contributed by atoms with Crippen LogP contribution in [-0.2, 0) is 22.3 Å². The fraction of sp³-hybridized carbons (Fsp3) is 0.435. The number of halogens is 3. The maximum absolute atomic E-state index is 12.5. The Balaban J connectivity index is 0.000000412. The van der Waals surface area contributed by atoms with Gasteiger partial charge in [0, 0.05) is 11.4 Å². The van der Waals surface area contributed by atoms with Crippen LogP contribution in [0.2, 0.25) is 0 Å². The molecule has 1 unspecified atom stereocenters. The molecule has 2 aromatic carbocycles. The van der Waals surface area contributed by atoms with Crippen molar-refractivity contribution in [2.24, 2.45) is 0 Å². The van der Waals surface area contributed by atoms with Crippen LogP contribution in [-0.4, -0.2) is 35.8 Å². The first-order valence-corrected chi connectivity index (χ1v) is 10.4. The van der Waals surface area contributed by atoms with Gasteiger partial charge >= 0.3 is 12.3 Å². The van der Waals surface area contributed by atoms with Crippen LogP contribution in [0.3, 0.4) is 0 Å². The average molecular weight is 456 g/mol. The SMILES string of the molecule is CC(C)(C)OC(=O)N1CCC(OCc2ccc(C(F)(F)F)cc2)C1.Sc1ccccc1. The van der Waals surface area contributed by atoms with Crippen molar-refractivity contribution in [2.75, 3.05) is 13.1 Å². The highest BCUT2D eigenvalue weighted by Crippen LogP contribution is 2.29. The van der Waals surface area contributed by atoms with Crippen LogP contribution in [0.1, 0.15) is 38.3 Å². The Hall–Kier alpha value is -2.19. The second kappa shape index (κ2) is 10.9. The molecule has 0 aliphatic carbocycles. The first-order valence-electron chi connectivity index (χ1n) is 9.94. The Morgan fingerprint density at radius 1 is 1.06 bits per heavy atom. The molecule has 0 spiro atoms. The zero-order chi connectivity index (χ0) is 23.1. The molecule has 0 saturated carbocycles. The molecule has 170 valence electrons. The van der Waals surface area contributed by atoms with Crippen molar-refractivity contribution in [2.45, 2.75) is 56.6 Å². The van der Waals surface area contributed by atoms with E-state index in [-0.39, 0.29) is 18.8 Å². The van der Waals surface area contributed by atoms with Gasteiger partial charge in [-0.1, -0.05) is 30.3 Å². The van der Waals surface area contributed by atoms with E-state index in [0.717, 1.165) is 17.0 Å². The van der Waals surface area contributed by atoms with Gasteiger partial charge in [-0.2, -0.15) is 13.2 Å². The molecule has 0 bridgehead atoms. The monoisotopic (exact) mass is 455 g/mol. The molecule has 1 fully saturated rings. The summed E-state index contributed by atoms with van der Waals surface area (Å²) < 4.78 is 48.5. The highest BCUT2D eigenvalue weighted by atomic mass is 32.1. The Labute approximate surface area is 186 Å². The molecular formula is C23H28F3NO3S. The Morgan fingerprint density at radius 3 is 2.16 bits per heavy atom. The molecule has 1 atom stereocenters. The summed E-state index contributed by atoms with van der Waals surface area (Å²) in [6, 6.07) is 14.7. The number of rotatable bonds is 3. The second-order valence-corrected chi connectivity index (χ2v) is 8.69. The van der Waals surface area contributed by atoms with Gasteiger partial charge in [-0.25, -0.2) is 4.79 Å². The second-order valence-electron chi connectivity index (χ2n) is 8.18. The Morgan fingerprint density at radius 2 is 1.68 bits per heavy atom. The number of nitrogens with zero attached hydrogens (tertiary/aromatic N) is 1. The van der Waals surface area contributed by atoms with E-state index in [9.17, 15) is 18.0 Å². The summed E-state index contributed by atoms with van der Waals surface area (Å²) >= 11 is 4.08. The zero-order valence-electron chi connectivity index (χ0n) is 17.9. The number of carbonyl (C=O) groups excluding carboxylic acids is 1. The summed E-state index contributed by atoms with van der Waals surface area (Å²) in [7, 11) is 0. The maximum atomic E-state index is 12.5. The smallest absolute Gasteiger partial charge is 0.416 e. The predicted octanol–water partition coefficient (Wildman–Crippen LogP) is 6.21. The van der Waals surface area contributed by atoms with Gasteiger partial charge in [0.2, 0.25) is 0 Å². The lowest BCUT2D eigenvalue weighted by molar-refractivity contribution is -0.137. The number of ether oxygens (including phenoxy) is 2. The van der Waals surface area contributed by atoms with Crippen LogP contribution < -0.4 is 0 Å². The number of thiol groups is 1. The molecule has 1 saturated heterocycles. The third kappa shape index (κ3) is 9.23. The largest absolute Gasteiger partial charge is 0.444 e. The fourth-order valence-corrected chi connectivity index (χ4v) is 2.96. The third-order valence-electron chi connectivity index (χ3n) is 4.32. The standard InChI is InChI=1S/C17H22F3NO3.C6H6S/c1-16(2,3)24-15(22)21-9-8-14(10-21)23-11-12-4-6-13(7-5-12)17(18,19)20;7-6-4-2-1-3-5-6/h4-7,14H,8-11H2,1-3H3;1-5,7H. The normalized spacial score (nSPS) is 16.5. The van der Waals surface area contributed by atoms with Gasteiger partial charge in [0.1, 0.15) is 5.60 Å².